The largest absolute Gasteiger partial charge is 0.498 e. The Kier molecular flexibility index (Phi) is 4.45. The van der Waals surface area contributed by atoms with Gasteiger partial charge in [-0.05, 0) is 31.9 Å². The second kappa shape index (κ2) is 6.10. The van der Waals surface area contributed by atoms with Crippen LogP contribution in [-0.4, -0.2) is 15.8 Å². The van der Waals surface area contributed by atoms with Crippen molar-refractivity contribution in [2.75, 3.05) is 0 Å². The van der Waals surface area contributed by atoms with Crippen LogP contribution in [0.4, 0.5) is 0 Å². The molecule has 0 aromatic heterocycles. The summed E-state index contributed by atoms with van der Waals surface area (Å²) in [7, 11) is 0.880. The molecule has 0 aliphatic rings. The molecule has 0 heterocycles. The SMILES string of the molecule is CC(C)(C)OC([SiH3])=C(c1ccccc1)c1ccccc1. The van der Waals surface area contributed by atoms with Gasteiger partial charge in [0.1, 0.15) is 0 Å². The highest BCUT2D eigenvalue weighted by Gasteiger charge is 2.16. The van der Waals surface area contributed by atoms with Crippen molar-refractivity contribution in [3.63, 3.8) is 0 Å². The van der Waals surface area contributed by atoms with E-state index in [1.807, 2.05) is 12.1 Å². The third kappa shape index (κ3) is 3.84. The minimum absolute atomic E-state index is 0.161. The predicted octanol–water partition coefficient (Wildman–Crippen LogP) is 3.58. The Morgan fingerprint density at radius 3 is 1.55 bits per heavy atom. The van der Waals surface area contributed by atoms with Gasteiger partial charge in [-0.1, -0.05) is 60.7 Å². The first kappa shape index (κ1) is 14.6. The van der Waals surface area contributed by atoms with Gasteiger partial charge in [-0.15, -0.1) is 0 Å². The van der Waals surface area contributed by atoms with Crippen LogP contribution in [-0.2, 0) is 4.74 Å². The molecule has 104 valence electrons. The molecule has 0 aliphatic heterocycles. The Bertz CT molecular complexity index is 538. The second-order valence-corrected chi connectivity index (χ2v) is 6.79. The van der Waals surface area contributed by atoms with Crippen molar-refractivity contribution < 1.29 is 4.74 Å². The zero-order chi connectivity index (χ0) is 14.6. The molecule has 2 aromatic carbocycles. The van der Waals surface area contributed by atoms with Crippen LogP contribution in [0.2, 0.25) is 0 Å². The van der Waals surface area contributed by atoms with Crippen molar-refractivity contribution in [2.45, 2.75) is 26.4 Å². The monoisotopic (exact) mass is 282 g/mol. The summed E-state index contributed by atoms with van der Waals surface area (Å²) < 4.78 is 6.15. The molecule has 2 heteroatoms. The van der Waals surface area contributed by atoms with E-state index in [0.29, 0.717) is 0 Å². The van der Waals surface area contributed by atoms with Gasteiger partial charge in [0.2, 0.25) is 0 Å². The van der Waals surface area contributed by atoms with Gasteiger partial charge in [0.05, 0.1) is 21.2 Å². The van der Waals surface area contributed by atoms with Gasteiger partial charge in [-0.3, -0.25) is 0 Å². The molecule has 0 spiro atoms. The molecule has 2 rings (SSSR count). The molecule has 0 atom stereocenters. The smallest absolute Gasteiger partial charge is 0.0995 e. The summed E-state index contributed by atoms with van der Waals surface area (Å²) >= 11 is 0. The zero-order valence-corrected chi connectivity index (χ0v) is 14.7. The Labute approximate surface area is 124 Å². The van der Waals surface area contributed by atoms with Crippen LogP contribution >= 0.6 is 0 Å². The summed E-state index contributed by atoms with van der Waals surface area (Å²) in [4.78, 5) is 0. The Balaban J connectivity index is 2.53. The van der Waals surface area contributed by atoms with E-state index in [4.69, 9.17) is 4.74 Å². The minimum atomic E-state index is -0.161. The highest BCUT2D eigenvalue weighted by molar-refractivity contribution is 6.25. The van der Waals surface area contributed by atoms with Crippen LogP contribution in [0.3, 0.4) is 0 Å². The molecule has 1 nitrogen and oxygen atoms in total. The number of hydrogen-bond donors (Lipinski definition) is 0. The third-order valence-electron chi connectivity index (χ3n) is 2.94. The van der Waals surface area contributed by atoms with E-state index < -0.39 is 0 Å². The van der Waals surface area contributed by atoms with Gasteiger partial charge in [0, 0.05) is 5.57 Å². The summed E-state index contributed by atoms with van der Waals surface area (Å²) in [5, 5.41) is 1.09. The highest BCUT2D eigenvalue weighted by Crippen LogP contribution is 2.28. The molecule has 0 aliphatic carbocycles. The lowest BCUT2D eigenvalue weighted by atomic mass is 9.99. The van der Waals surface area contributed by atoms with Crippen molar-refractivity contribution in [1.82, 2.24) is 0 Å². The Hall–Kier alpha value is -1.80. The van der Waals surface area contributed by atoms with Gasteiger partial charge >= 0.3 is 0 Å². The molecule has 0 saturated heterocycles. The summed E-state index contributed by atoms with van der Waals surface area (Å²) in [5.41, 5.74) is 3.49. The summed E-state index contributed by atoms with van der Waals surface area (Å²) in [6.45, 7) is 6.29. The van der Waals surface area contributed by atoms with Crippen molar-refractivity contribution in [2.24, 2.45) is 0 Å². The highest BCUT2D eigenvalue weighted by atomic mass is 28.1. The lowest BCUT2D eigenvalue weighted by Crippen LogP contribution is -2.19. The first-order valence-electron chi connectivity index (χ1n) is 6.98. The van der Waals surface area contributed by atoms with E-state index in [9.17, 15) is 0 Å². The van der Waals surface area contributed by atoms with E-state index >= 15 is 0 Å². The van der Waals surface area contributed by atoms with Crippen molar-refractivity contribution in [3.05, 3.63) is 77.2 Å². The van der Waals surface area contributed by atoms with Crippen LogP contribution in [0.15, 0.2) is 66.0 Å². The predicted molar refractivity (Wildman–Crippen MR) is 89.7 cm³/mol. The normalized spacial score (nSPS) is 11.2. The average molecular weight is 282 g/mol. The zero-order valence-electron chi connectivity index (χ0n) is 12.7. The third-order valence-corrected chi connectivity index (χ3v) is 3.64. The molecule has 0 bridgehead atoms. The maximum Gasteiger partial charge on any atom is 0.0995 e. The molecular weight excluding hydrogens is 260 g/mol. The summed E-state index contributed by atoms with van der Waals surface area (Å²) in [6.07, 6.45) is 0. The van der Waals surface area contributed by atoms with Crippen LogP contribution < -0.4 is 0 Å². The molecular formula is C18H22OSi. The van der Waals surface area contributed by atoms with Gasteiger partial charge in [0.15, 0.2) is 0 Å². The molecule has 0 amide bonds. The molecule has 0 radical (unpaired) electrons. The van der Waals surface area contributed by atoms with Gasteiger partial charge in [0.25, 0.3) is 0 Å². The van der Waals surface area contributed by atoms with Crippen molar-refractivity contribution >= 4 is 15.8 Å². The van der Waals surface area contributed by atoms with Crippen LogP contribution in [0.1, 0.15) is 31.9 Å². The van der Waals surface area contributed by atoms with Crippen molar-refractivity contribution in [3.8, 4) is 0 Å². The first-order valence-corrected chi connectivity index (χ1v) is 7.98. The van der Waals surface area contributed by atoms with Crippen molar-refractivity contribution in [1.29, 1.82) is 0 Å². The van der Waals surface area contributed by atoms with E-state index in [0.717, 1.165) is 15.6 Å². The minimum Gasteiger partial charge on any atom is -0.498 e. The first-order chi connectivity index (χ1) is 9.47. The van der Waals surface area contributed by atoms with Crippen LogP contribution in [0.25, 0.3) is 5.57 Å². The molecule has 20 heavy (non-hydrogen) atoms. The van der Waals surface area contributed by atoms with Gasteiger partial charge < -0.3 is 4.74 Å². The summed E-state index contributed by atoms with van der Waals surface area (Å²) in [5.74, 6) is 0. The fourth-order valence-corrected chi connectivity index (χ4v) is 3.48. The van der Waals surface area contributed by atoms with Crippen LogP contribution in [0.5, 0.6) is 0 Å². The van der Waals surface area contributed by atoms with E-state index in [1.165, 1.54) is 16.7 Å². The quantitative estimate of drug-likeness (QED) is 0.617. The maximum absolute atomic E-state index is 6.15. The standard InChI is InChI=1S/C18H22OSi/c1-18(2,3)19-17(20)16(14-10-6-4-7-11-14)15-12-8-5-9-13-15/h4-13H,1-3,20H3. The Morgan fingerprint density at radius 2 is 1.20 bits per heavy atom. The average Bonchev–Trinajstić information content (AvgIpc) is 2.39. The molecule has 0 unspecified atom stereocenters. The van der Waals surface area contributed by atoms with E-state index in [-0.39, 0.29) is 5.60 Å². The Morgan fingerprint density at radius 1 is 0.800 bits per heavy atom. The lowest BCUT2D eigenvalue weighted by molar-refractivity contribution is 0.0685. The topological polar surface area (TPSA) is 9.23 Å². The van der Waals surface area contributed by atoms with Gasteiger partial charge in [-0.2, -0.15) is 0 Å². The second-order valence-electron chi connectivity index (χ2n) is 5.88. The van der Waals surface area contributed by atoms with Gasteiger partial charge in [-0.25, -0.2) is 0 Å². The van der Waals surface area contributed by atoms with Crippen LogP contribution in [0, 0.1) is 0 Å². The number of rotatable bonds is 3. The maximum atomic E-state index is 6.15. The number of benzene rings is 2. The number of hydrogen-bond acceptors (Lipinski definition) is 1. The lowest BCUT2D eigenvalue weighted by Gasteiger charge is -2.25. The molecule has 0 fully saturated rings. The number of ether oxygens (including phenoxy) is 1. The fourth-order valence-electron chi connectivity index (χ4n) is 2.29. The van der Waals surface area contributed by atoms with E-state index in [1.54, 1.807) is 0 Å². The summed E-state index contributed by atoms with van der Waals surface area (Å²) in [6, 6.07) is 21.0. The fraction of sp³-hybridized carbons (Fsp3) is 0.222. The molecule has 0 N–H and O–H groups in total. The molecule has 0 saturated carbocycles. The molecule has 2 aromatic rings. The van der Waals surface area contributed by atoms with E-state index in [2.05, 4.69) is 69.3 Å².